The molecule has 0 amide bonds. The Kier molecular flexibility index (Phi) is 6.26. The summed E-state index contributed by atoms with van der Waals surface area (Å²) in [5, 5.41) is 21.9. The number of rotatable bonds is 5. The van der Waals surface area contributed by atoms with Crippen LogP contribution < -0.4 is 0 Å². The Bertz CT molecular complexity index is 649. The number of hydrogen-bond acceptors (Lipinski definition) is 2. The Hall–Kier alpha value is -0.340. The third kappa shape index (κ3) is 3.83. The van der Waals surface area contributed by atoms with E-state index in [1.165, 1.54) is 51.4 Å². The van der Waals surface area contributed by atoms with Crippen LogP contribution in [0.4, 0.5) is 0 Å². The molecule has 0 saturated heterocycles. The average Bonchev–Trinajstić information content (AvgIpc) is 2.95. The SMILES string of the molecule is CC(C)CCC[C@](C)(O)[C@H]1CC[C@H]2[C@H]3CCC=C4C[C@@H](O)CC[C@]4(C)[C@H]3CC[C@@]21C. The van der Waals surface area contributed by atoms with Gasteiger partial charge < -0.3 is 10.2 Å². The third-order valence-electron chi connectivity index (χ3n) is 10.5. The molecule has 0 bridgehead atoms. The van der Waals surface area contributed by atoms with Crippen molar-refractivity contribution < 1.29 is 10.2 Å². The zero-order chi connectivity index (χ0) is 21.7. The zero-order valence-electron chi connectivity index (χ0n) is 20.4. The fraction of sp³-hybridized carbons (Fsp3) is 0.929. The van der Waals surface area contributed by atoms with E-state index in [0.717, 1.165) is 49.4 Å². The van der Waals surface area contributed by atoms with Gasteiger partial charge in [-0.05, 0) is 112 Å². The van der Waals surface area contributed by atoms with E-state index < -0.39 is 5.60 Å². The van der Waals surface area contributed by atoms with Gasteiger partial charge in [-0.15, -0.1) is 0 Å². The summed E-state index contributed by atoms with van der Waals surface area (Å²) < 4.78 is 0. The predicted molar refractivity (Wildman–Crippen MR) is 125 cm³/mol. The molecule has 0 aromatic rings. The zero-order valence-corrected chi connectivity index (χ0v) is 20.4. The third-order valence-corrected chi connectivity index (χ3v) is 10.5. The van der Waals surface area contributed by atoms with Gasteiger partial charge in [-0.1, -0.05) is 52.2 Å². The van der Waals surface area contributed by atoms with Crippen molar-refractivity contribution in [1.82, 2.24) is 0 Å². The van der Waals surface area contributed by atoms with E-state index in [2.05, 4.69) is 40.7 Å². The summed E-state index contributed by atoms with van der Waals surface area (Å²) in [4.78, 5) is 0. The molecule has 0 aromatic carbocycles. The van der Waals surface area contributed by atoms with E-state index in [1.807, 2.05) is 0 Å². The first-order valence-corrected chi connectivity index (χ1v) is 13.2. The van der Waals surface area contributed by atoms with Gasteiger partial charge in [-0.3, -0.25) is 0 Å². The van der Waals surface area contributed by atoms with Crippen molar-refractivity contribution in [3.63, 3.8) is 0 Å². The number of aliphatic hydroxyl groups excluding tert-OH is 1. The topological polar surface area (TPSA) is 40.5 Å². The molecule has 3 saturated carbocycles. The Labute approximate surface area is 185 Å². The number of allylic oxidation sites excluding steroid dienone is 1. The number of aliphatic hydroxyl groups is 2. The van der Waals surface area contributed by atoms with Gasteiger partial charge in [0.25, 0.3) is 0 Å². The van der Waals surface area contributed by atoms with E-state index in [4.69, 9.17) is 0 Å². The monoisotopic (exact) mass is 416 g/mol. The lowest BCUT2D eigenvalue weighted by atomic mass is 9.49. The largest absolute Gasteiger partial charge is 0.393 e. The first-order chi connectivity index (χ1) is 14.1. The Morgan fingerprint density at radius 3 is 2.57 bits per heavy atom. The fourth-order valence-electron chi connectivity index (χ4n) is 8.95. The van der Waals surface area contributed by atoms with Crippen LogP contribution in [0, 0.1) is 40.4 Å². The Morgan fingerprint density at radius 2 is 1.83 bits per heavy atom. The molecule has 4 aliphatic rings. The summed E-state index contributed by atoms with van der Waals surface area (Å²) >= 11 is 0. The van der Waals surface area contributed by atoms with Crippen LogP contribution >= 0.6 is 0 Å². The highest BCUT2D eigenvalue weighted by molar-refractivity contribution is 5.23. The molecule has 2 N–H and O–H groups in total. The van der Waals surface area contributed by atoms with Crippen LogP contribution in [-0.4, -0.2) is 21.9 Å². The van der Waals surface area contributed by atoms with Gasteiger partial charge >= 0.3 is 0 Å². The maximum Gasteiger partial charge on any atom is 0.0653 e. The minimum absolute atomic E-state index is 0.119. The first-order valence-electron chi connectivity index (χ1n) is 13.2. The van der Waals surface area contributed by atoms with Gasteiger partial charge in [-0.25, -0.2) is 0 Å². The van der Waals surface area contributed by atoms with Gasteiger partial charge in [-0.2, -0.15) is 0 Å². The van der Waals surface area contributed by atoms with E-state index in [9.17, 15) is 10.2 Å². The van der Waals surface area contributed by atoms with Crippen LogP contribution in [0.2, 0.25) is 0 Å². The van der Waals surface area contributed by atoms with Gasteiger partial charge in [0.05, 0.1) is 11.7 Å². The van der Waals surface area contributed by atoms with E-state index in [1.54, 1.807) is 5.57 Å². The molecule has 30 heavy (non-hydrogen) atoms. The van der Waals surface area contributed by atoms with Crippen LogP contribution in [0.25, 0.3) is 0 Å². The highest BCUT2D eigenvalue weighted by atomic mass is 16.3. The normalized spacial score (nSPS) is 45.7. The molecule has 4 rings (SSSR count). The van der Waals surface area contributed by atoms with Crippen LogP contribution in [0.5, 0.6) is 0 Å². The molecule has 0 heterocycles. The Morgan fingerprint density at radius 1 is 1.07 bits per heavy atom. The van der Waals surface area contributed by atoms with Crippen LogP contribution in [0.3, 0.4) is 0 Å². The summed E-state index contributed by atoms with van der Waals surface area (Å²) in [6.45, 7) is 11.8. The fourth-order valence-corrected chi connectivity index (χ4v) is 8.95. The molecule has 172 valence electrons. The minimum atomic E-state index is -0.516. The first kappa shape index (κ1) is 22.8. The smallest absolute Gasteiger partial charge is 0.0653 e. The lowest BCUT2D eigenvalue weighted by Crippen LogP contribution is -2.51. The van der Waals surface area contributed by atoms with Crippen molar-refractivity contribution in [1.29, 1.82) is 0 Å². The highest BCUT2D eigenvalue weighted by Gasteiger charge is 2.60. The predicted octanol–water partition coefficient (Wildman–Crippen LogP) is 6.89. The van der Waals surface area contributed by atoms with Crippen molar-refractivity contribution in [3.8, 4) is 0 Å². The lowest BCUT2D eigenvalue weighted by molar-refractivity contribution is -0.103. The van der Waals surface area contributed by atoms with Gasteiger partial charge in [0.2, 0.25) is 0 Å². The summed E-state index contributed by atoms with van der Waals surface area (Å²) in [5.74, 6) is 3.54. The maximum atomic E-state index is 11.6. The van der Waals surface area contributed by atoms with Crippen molar-refractivity contribution in [2.24, 2.45) is 40.4 Å². The minimum Gasteiger partial charge on any atom is -0.393 e. The number of fused-ring (bicyclic) bond motifs is 5. The molecule has 2 nitrogen and oxygen atoms in total. The van der Waals surface area contributed by atoms with Crippen molar-refractivity contribution >= 4 is 0 Å². The van der Waals surface area contributed by atoms with E-state index in [0.29, 0.717) is 16.7 Å². The summed E-state index contributed by atoms with van der Waals surface area (Å²) in [7, 11) is 0. The van der Waals surface area contributed by atoms with Crippen LogP contribution in [0.1, 0.15) is 112 Å². The van der Waals surface area contributed by atoms with Crippen LogP contribution in [-0.2, 0) is 0 Å². The summed E-state index contributed by atoms with van der Waals surface area (Å²) in [6.07, 6.45) is 16.5. The average molecular weight is 417 g/mol. The quantitative estimate of drug-likeness (QED) is 0.479. The molecule has 3 fully saturated rings. The lowest BCUT2D eigenvalue weighted by Gasteiger charge is -2.56. The molecular weight excluding hydrogens is 368 g/mol. The number of hydrogen-bond donors (Lipinski definition) is 2. The van der Waals surface area contributed by atoms with Crippen LogP contribution in [0.15, 0.2) is 11.6 Å². The van der Waals surface area contributed by atoms with Crippen molar-refractivity contribution in [3.05, 3.63) is 11.6 Å². The standard InChI is InChI=1S/C28H48O2/c1-19(2)8-7-15-28(5,30)25-12-11-23-22-10-6-9-20-18-21(29)13-16-26(20,3)24(22)14-17-27(23,25)4/h9,19,21-25,29-30H,6-8,10-18H2,1-5H3/t21-,22+,23-,24-,25-,26-,27-,28-/m0/s1. The molecule has 0 spiro atoms. The van der Waals surface area contributed by atoms with Gasteiger partial charge in [0.15, 0.2) is 0 Å². The second-order valence-electron chi connectivity index (χ2n) is 12.8. The molecule has 8 atom stereocenters. The van der Waals surface area contributed by atoms with Gasteiger partial charge in [0.1, 0.15) is 0 Å². The summed E-state index contributed by atoms with van der Waals surface area (Å²) in [5.41, 5.74) is 1.67. The van der Waals surface area contributed by atoms with Crippen molar-refractivity contribution in [2.45, 2.75) is 123 Å². The van der Waals surface area contributed by atoms with E-state index >= 15 is 0 Å². The van der Waals surface area contributed by atoms with Crippen molar-refractivity contribution in [2.75, 3.05) is 0 Å². The molecular formula is C28H48O2. The van der Waals surface area contributed by atoms with E-state index in [-0.39, 0.29) is 6.10 Å². The molecule has 0 unspecified atom stereocenters. The van der Waals surface area contributed by atoms with Gasteiger partial charge in [0, 0.05) is 0 Å². The summed E-state index contributed by atoms with van der Waals surface area (Å²) in [6, 6.07) is 0. The Balaban J connectivity index is 1.53. The highest BCUT2D eigenvalue weighted by Crippen LogP contribution is 2.67. The molecule has 0 radical (unpaired) electrons. The second-order valence-corrected chi connectivity index (χ2v) is 12.8. The maximum absolute atomic E-state index is 11.6. The molecule has 4 aliphatic carbocycles. The molecule has 0 aliphatic heterocycles. The molecule has 2 heteroatoms. The second kappa shape index (κ2) is 8.22. The molecule has 0 aromatic heterocycles.